The zero-order valence-corrected chi connectivity index (χ0v) is 18.9. The Labute approximate surface area is 186 Å². The number of thiophene rings is 1. The van der Waals surface area contributed by atoms with Crippen LogP contribution in [0.5, 0.6) is 11.5 Å². The number of amides is 1. The van der Waals surface area contributed by atoms with Crippen molar-refractivity contribution in [3.8, 4) is 11.5 Å². The fourth-order valence-corrected chi connectivity index (χ4v) is 6.12. The van der Waals surface area contributed by atoms with Gasteiger partial charge in [-0.3, -0.25) is 4.79 Å². The third-order valence-electron chi connectivity index (χ3n) is 5.54. The van der Waals surface area contributed by atoms with E-state index in [1.807, 2.05) is 17.5 Å². The molecule has 1 aromatic heterocycles. The van der Waals surface area contributed by atoms with Gasteiger partial charge < -0.3 is 14.4 Å². The summed E-state index contributed by atoms with van der Waals surface area (Å²) in [5, 5.41) is 1.99. The van der Waals surface area contributed by atoms with Gasteiger partial charge >= 0.3 is 0 Å². The number of piperidine rings is 1. The van der Waals surface area contributed by atoms with Gasteiger partial charge in [-0.25, -0.2) is 8.42 Å². The van der Waals surface area contributed by atoms with E-state index in [0.717, 1.165) is 4.88 Å². The minimum absolute atomic E-state index is 0.0599. The Morgan fingerprint density at radius 3 is 2.61 bits per heavy atom. The first kappa shape index (κ1) is 21.9. The summed E-state index contributed by atoms with van der Waals surface area (Å²) in [6.45, 7) is 6.28. The van der Waals surface area contributed by atoms with Crippen molar-refractivity contribution >= 4 is 27.3 Å². The quantitative estimate of drug-likeness (QED) is 0.591. The van der Waals surface area contributed by atoms with Crippen molar-refractivity contribution in [2.75, 3.05) is 32.8 Å². The molecular weight excluding hydrogens is 436 g/mol. The van der Waals surface area contributed by atoms with Crippen molar-refractivity contribution in [1.82, 2.24) is 9.21 Å². The molecule has 0 N–H and O–H groups in total. The van der Waals surface area contributed by atoms with Crippen molar-refractivity contribution in [3.05, 3.63) is 53.2 Å². The maximum Gasteiger partial charge on any atom is 0.243 e. The first-order chi connectivity index (χ1) is 15.0. The van der Waals surface area contributed by atoms with Crippen LogP contribution in [-0.4, -0.2) is 56.4 Å². The molecule has 1 amide bonds. The number of fused-ring (bicyclic) bond motifs is 1. The Kier molecular flexibility index (Phi) is 6.64. The van der Waals surface area contributed by atoms with Crippen molar-refractivity contribution in [2.24, 2.45) is 5.92 Å². The molecule has 0 saturated carbocycles. The minimum atomic E-state index is -3.66. The van der Waals surface area contributed by atoms with Gasteiger partial charge in [-0.05, 0) is 36.4 Å². The smallest absolute Gasteiger partial charge is 0.243 e. The number of carbonyl (C=O) groups is 1. The van der Waals surface area contributed by atoms with E-state index < -0.39 is 10.0 Å². The largest absolute Gasteiger partial charge is 0.486 e. The lowest BCUT2D eigenvalue weighted by atomic mass is 9.96. The number of rotatable bonds is 7. The summed E-state index contributed by atoms with van der Waals surface area (Å²) < 4.78 is 38.7. The van der Waals surface area contributed by atoms with Crippen LogP contribution in [0.3, 0.4) is 0 Å². The lowest BCUT2D eigenvalue weighted by Crippen LogP contribution is -2.44. The molecule has 0 spiro atoms. The summed E-state index contributed by atoms with van der Waals surface area (Å²) in [5.41, 5.74) is 0. The highest BCUT2D eigenvalue weighted by Crippen LogP contribution is 2.34. The molecule has 7 nitrogen and oxygen atoms in total. The molecular formula is C22H26N2O5S2. The normalized spacial score (nSPS) is 17.3. The second-order valence-corrected chi connectivity index (χ2v) is 10.5. The summed E-state index contributed by atoms with van der Waals surface area (Å²) in [4.78, 5) is 16.2. The fraction of sp³-hybridized carbons (Fsp3) is 0.409. The van der Waals surface area contributed by atoms with Gasteiger partial charge in [0, 0.05) is 36.5 Å². The van der Waals surface area contributed by atoms with E-state index in [0.29, 0.717) is 63.7 Å². The number of nitrogens with zero attached hydrogens (tertiary/aromatic N) is 2. The third-order valence-corrected chi connectivity index (χ3v) is 8.30. The Balaban J connectivity index is 1.41. The molecule has 4 rings (SSSR count). The van der Waals surface area contributed by atoms with E-state index in [-0.39, 0.29) is 16.7 Å². The van der Waals surface area contributed by atoms with E-state index in [1.165, 1.54) is 10.4 Å². The van der Waals surface area contributed by atoms with Gasteiger partial charge in [-0.2, -0.15) is 4.31 Å². The van der Waals surface area contributed by atoms with E-state index >= 15 is 0 Å². The van der Waals surface area contributed by atoms with Crippen molar-refractivity contribution in [1.29, 1.82) is 0 Å². The van der Waals surface area contributed by atoms with Gasteiger partial charge in [0.2, 0.25) is 15.9 Å². The van der Waals surface area contributed by atoms with Gasteiger partial charge in [0.1, 0.15) is 13.2 Å². The molecule has 3 heterocycles. The molecule has 2 aliphatic heterocycles. The molecule has 2 aliphatic rings. The molecule has 0 aliphatic carbocycles. The standard InChI is InChI=1S/C22H26N2O5S2/c1-2-9-23(16-18-4-3-14-30-18)22(25)17-7-10-24(11-8-17)31(26,27)19-5-6-20-21(15-19)29-13-12-28-20/h2-6,14-15,17H,1,7-13,16H2. The number of benzene rings is 1. The number of carbonyl (C=O) groups excluding carboxylic acids is 1. The van der Waals surface area contributed by atoms with Crippen molar-refractivity contribution < 1.29 is 22.7 Å². The van der Waals surface area contributed by atoms with E-state index in [4.69, 9.17) is 9.47 Å². The van der Waals surface area contributed by atoms with Crippen LogP contribution in [0.1, 0.15) is 17.7 Å². The number of sulfonamides is 1. The molecule has 9 heteroatoms. The second kappa shape index (κ2) is 9.42. The van der Waals surface area contributed by atoms with Crippen LogP contribution in [0.25, 0.3) is 0 Å². The molecule has 0 atom stereocenters. The highest BCUT2D eigenvalue weighted by Gasteiger charge is 2.34. The molecule has 1 fully saturated rings. The van der Waals surface area contributed by atoms with Crippen molar-refractivity contribution in [3.63, 3.8) is 0 Å². The summed E-state index contributed by atoms with van der Waals surface area (Å²) in [6.07, 6.45) is 2.73. The van der Waals surface area contributed by atoms with Crippen LogP contribution >= 0.6 is 11.3 Å². The van der Waals surface area contributed by atoms with Crippen LogP contribution in [0, 0.1) is 5.92 Å². The molecule has 0 bridgehead atoms. The topological polar surface area (TPSA) is 76.2 Å². The van der Waals surface area contributed by atoms with E-state index in [9.17, 15) is 13.2 Å². The average Bonchev–Trinajstić information content (AvgIpc) is 3.31. The Hall–Kier alpha value is -2.36. The molecule has 166 valence electrons. The SMILES string of the molecule is C=CCN(Cc1cccs1)C(=O)C1CCN(S(=O)(=O)c2ccc3c(c2)OCCO3)CC1. The van der Waals surface area contributed by atoms with Crippen LogP contribution in [0.2, 0.25) is 0 Å². The zero-order chi connectivity index (χ0) is 21.8. The number of hydrogen-bond acceptors (Lipinski definition) is 6. The zero-order valence-electron chi connectivity index (χ0n) is 17.2. The first-order valence-corrected chi connectivity index (χ1v) is 12.6. The van der Waals surface area contributed by atoms with Gasteiger partial charge in [0.25, 0.3) is 0 Å². The maximum atomic E-state index is 13.1. The van der Waals surface area contributed by atoms with Gasteiger partial charge in [0.05, 0.1) is 11.4 Å². The second-order valence-electron chi connectivity index (χ2n) is 7.57. The predicted molar refractivity (Wildman–Crippen MR) is 119 cm³/mol. The minimum Gasteiger partial charge on any atom is -0.486 e. The summed E-state index contributed by atoms with van der Waals surface area (Å²) in [5.74, 6) is 0.880. The Bertz CT molecular complexity index is 1030. The van der Waals surface area contributed by atoms with E-state index in [1.54, 1.807) is 34.4 Å². The van der Waals surface area contributed by atoms with Gasteiger partial charge in [-0.1, -0.05) is 12.1 Å². The summed E-state index contributed by atoms with van der Waals surface area (Å²) in [6, 6.07) is 8.69. The number of hydrogen-bond donors (Lipinski definition) is 0. The highest BCUT2D eigenvalue weighted by molar-refractivity contribution is 7.89. The van der Waals surface area contributed by atoms with Crippen LogP contribution in [0.15, 0.2) is 53.3 Å². The average molecular weight is 463 g/mol. The maximum absolute atomic E-state index is 13.1. The highest BCUT2D eigenvalue weighted by atomic mass is 32.2. The predicted octanol–water partition coefficient (Wildman–Crippen LogP) is 3.13. The van der Waals surface area contributed by atoms with Crippen LogP contribution in [0.4, 0.5) is 0 Å². The fourth-order valence-electron chi connectivity index (χ4n) is 3.91. The summed E-state index contributed by atoms with van der Waals surface area (Å²) >= 11 is 1.62. The lowest BCUT2D eigenvalue weighted by molar-refractivity contribution is -0.136. The molecule has 0 radical (unpaired) electrons. The molecule has 31 heavy (non-hydrogen) atoms. The Morgan fingerprint density at radius 2 is 1.94 bits per heavy atom. The first-order valence-electron chi connectivity index (χ1n) is 10.3. The monoisotopic (exact) mass is 462 g/mol. The third kappa shape index (κ3) is 4.78. The van der Waals surface area contributed by atoms with Gasteiger partial charge in [0.15, 0.2) is 11.5 Å². The molecule has 1 aromatic carbocycles. The van der Waals surface area contributed by atoms with Crippen LogP contribution < -0.4 is 9.47 Å². The van der Waals surface area contributed by atoms with Crippen molar-refractivity contribution in [2.45, 2.75) is 24.3 Å². The van der Waals surface area contributed by atoms with Crippen LogP contribution in [-0.2, 0) is 21.4 Å². The lowest BCUT2D eigenvalue weighted by Gasteiger charge is -2.33. The number of ether oxygens (including phenoxy) is 2. The summed E-state index contributed by atoms with van der Waals surface area (Å²) in [7, 11) is -3.66. The molecule has 0 unspecified atom stereocenters. The Morgan fingerprint density at radius 1 is 1.19 bits per heavy atom. The van der Waals surface area contributed by atoms with E-state index in [2.05, 4.69) is 6.58 Å². The van der Waals surface area contributed by atoms with Gasteiger partial charge in [-0.15, -0.1) is 17.9 Å². The molecule has 2 aromatic rings. The molecule has 1 saturated heterocycles.